The lowest BCUT2D eigenvalue weighted by molar-refractivity contribution is 0.377. The quantitative estimate of drug-likeness (QED) is 0.853. The first-order valence-electron chi connectivity index (χ1n) is 4.49. The molecular weight excluding hydrogens is 217 g/mol. The Balaban J connectivity index is 0.00000169. The van der Waals surface area contributed by atoms with Crippen LogP contribution in [-0.2, 0) is 6.42 Å². The lowest BCUT2D eigenvalue weighted by Gasteiger charge is -2.22. The van der Waals surface area contributed by atoms with Gasteiger partial charge in [0.05, 0.1) is 0 Å². The van der Waals surface area contributed by atoms with Gasteiger partial charge in [0, 0.05) is 5.02 Å². The van der Waals surface area contributed by atoms with Crippen molar-refractivity contribution in [1.82, 2.24) is 0 Å². The van der Waals surface area contributed by atoms with Gasteiger partial charge in [-0.3, -0.25) is 0 Å². The normalized spacial score (nSPS) is 10.9. The summed E-state index contributed by atoms with van der Waals surface area (Å²) >= 11 is 6.05. The minimum atomic E-state index is 0. The van der Waals surface area contributed by atoms with E-state index in [0.29, 0.717) is 6.54 Å². The van der Waals surface area contributed by atoms with Crippen LogP contribution in [0.15, 0.2) is 24.3 Å². The summed E-state index contributed by atoms with van der Waals surface area (Å²) in [4.78, 5) is 0. The molecule has 0 atom stereocenters. The highest BCUT2D eigenvalue weighted by Gasteiger charge is 2.17. The van der Waals surface area contributed by atoms with E-state index in [1.54, 1.807) is 0 Å². The van der Waals surface area contributed by atoms with E-state index in [1.165, 1.54) is 5.56 Å². The molecule has 0 saturated carbocycles. The first-order chi connectivity index (χ1) is 6.05. The molecule has 0 amide bonds. The molecule has 2 N–H and O–H groups in total. The Hall–Kier alpha value is -0.240. The Bertz CT molecular complexity index is 284. The average molecular weight is 234 g/mol. The summed E-state index contributed by atoms with van der Waals surface area (Å²) < 4.78 is 0. The van der Waals surface area contributed by atoms with Crippen molar-refractivity contribution in [3.05, 3.63) is 34.9 Å². The molecule has 14 heavy (non-hydrogen) atoms. The van der Waals surface area contributed by atoms with Crippen LogP contribution in [-0.4, -0.2) is 6.54 Å². The van der Waals surface area contributed by atoms with Gasteiger partial charge in [-0.15, -0.1) is 12.4 Å². The third-order valence-corrected chi connectivity index (χ3v) is 2.55. The summed E-state index contributed by atoms with van der Waals surface area (Å²) in [6.07, 6.45) is 0.934. The van der Waals surface area contributed by atoms with Gasteiger partial charge in [-0.25, -0.2) is 0 Å². The molecule has 0 bridgehead atoms. The highest BCUT2D eigenvalue weighted by Crippen LogP contribution is 2.24. The van der Waals surface area contributed by atoms with Crippen molar-refractivity contribution >= 4 is 24.0 Å². The van der Waals surface area contributed by atoms with Gasteiger partial charge in [-0.05, 0) is 30.0 Å². The maximum atomic E-state index is 6.05. The first-order valence-corrected chi connectivity index (χ1v) is 4.86. The number of benzene rings is 1. The molecule has 3 heteroatoms. The lowest BCUT2D eigenvalue weighted by Crippen LogP contribution is -2.25. The highest BCUT2D eigenvalue weighted by molar-refractivity contribution is 6.31. The molecule has 80 valence electrons. The maximum Gasteiger partial charge on any atom is 0.0438 e. The summed E-state index contributed by atoms with van der Waals surface area (Å²) in [6, 6.07) is 7.93. The molecule has 0 spiro atoms. The number of rotatable bonds is 3. The first kappa shape index (κ1) is 13.8. The molecule has 0 radical (unpaired) electrons. The molecule has 0 fully saturated rings. The predicted molar refractivity (Wildman–Crippen MR) is 65.2 cm³/mol. The van der Waals surface area contributed by atoms with E-state index >= 15 is 0 Å². The van der Waals surface area contributed by atoms with E-state index in [9.17, 15) is 0 Å². The molecule has 0 aliphatic carbocycles. The van der Waals surface area contributed by atoms with Crippen molar-refractivity contribution in [2.24, 2.45) is 11.1 Å². The number of nitrogens with two attached hydrogens (primary N) is 1. The van der Waals surface area contributed by atoms with Crippen LogP contribution in [0.25, 0.3) is 0 Å². The second-order valence-electron chi connectivity index (χ2n) is 4.14. The molecule has 0 aromatic heterocycles. The molecule has 0 aliphatic heterocycles. The molecular formula is C11H17Cl2N. The fraction of sp³-hybridized carbons (Fsp3) is 0.455. The highest BCUT2D eigenvalue weighted by atomic mass is 35.5. The minimum absolute atomic E-state index is 0. The Labute approximate surface area is 97.1 Å². The summed E-state index contributed by atoms with van der Waals surface area (Å²) in [7, 11) is 0. The lowest BCUT2D eigenvalue weighted by atomic mass is 9.86. The van der Waals surface area contributed by atoms with Crippen LogP contribution in [0.3, 0.4) is 0 Å². The maximum absolute atomic E-state index is 6.05. The van der Waals surface area contributed by atoms with Gasteiger partial charge in [0.2, 0.25) is 0 Å². The summed E-state index contributed by atoms with van der Waals surface area (Å²) in [5, 5.41) is 0.837. The second-order valence-corrected chi connectivity index (χ2v) is 4.54. The van der Waals surface area contributed by atoms with Gasteiger partial charge >= 0.3 is 0 Å². The zero-order valence-corrected chi connectivity index (χ0v) is 10.2. The second kappa shape index (κ2) is 5.59. The van der Waals surface area contributed by atoms with Gasteiger partial charge in [-0.1, -0.05) is 43.6 Å². The van der Waals surface area contributed by atoms with Crippen molar-refractivity contribution in [2.75, 3.05) is 6.54 Å². The summed E-state index contributed by atoms with van der Waals surface area (Å²) in [6.45, 7) is 4.98. The van der Waals surface area contributed by atoms with Crippen LogP contribution in [0.1, 0.15) is 19.4 Å². The smallest absolute Gasteiger partial charge is 0.0438 e. The van der Waals surface area contributed by atoms with E-state index in [1.807, 2.05) is 18.2 Å². The standard InChI is InChI=1S/C11H16ClN.ClH/c1-11(2,8-13)7-9-5-3-4-6-10(9)12;/h3-6H,7-8,13H2,1-2H3;1H. The molecule has 1 rings (SSSR count). The molecule has 0 heterocycles. The Kier molecular flexibility index (Phi) is 5.50. The summed E-state index contributed by atoms with van der Waals surface area (Å²) in [5.41, 5.74) is 6.97. The van der Waals surface area contributed by atoms with Crippen LogP contribution in [0.5, 0.6) is 0 Å². The number of hydrogen-bond donors (Lipinski definition) is 1. The molecule has 0 unspecified atom stereocenters. The fourth-order valence-corrected chi connectivity index (χ4v) is 1.43. The van der Waals surface area contributed by atoms with Crippen LogP contribution >= 0.6 is 24.0 Å². The van der Waals surface area contributed by atoms with Gasteiger partial charge in [-0.2, -0.15) is 0 Å². The third-order valence-electron chi connectivity index (χ3n) is 2.18. The van der Waals surface area contributed by atoms with Crippen LogP contribution < -0.4 is 5.73 Å². The van der Waals surface area contributed by atoms with Gasteiger partial charge in [0.25, 0.3) is 0 Å². The van der Waals surface area contributed by atoms with Gasteiger partial charge < -0.3 is 5.73 Å². The Morgan fingerprint density at radius 1 is 1.29 bits per heavy atom. The SMILES string of the molecule is CC(C)(CN)Cc1ccccc1Cl.Cl. The van der Waals surface area contributed by atoms with Crippen molar-refractivity contribution in [1.29, 1.82) is 0 Å². The van der Waals surface area contributed by atoms with Crippen molar-refractivity contribution in [3.8, 4) is 0 Å². The van der Waals surface area contributed by atoms with Crippen LogP contribution in [0.2, 0.25) is 5.02 Å². The third kappa shape index (κ3) is 3.87. The Morgan fingerprint density at radius 3 is 2.36 bits per heavy atom. The van der Waals surface area contributed by atoms with E-state index in [0.717, 1.165) is 11.4 Å². The Morgan fingerprint density at radius 2 is 1.86 bits per heavy atom. The topological polar surface area (TPSA) is 26.0 Å². The zero-order valence-electron chi connectivity index (χ0n) is 8.59. The molecule has 1 aromatic carbocycles. The molecule has 0 aliphatic rings. The van der Waals surface area contributed by atoms with Gasteiger partial charge in [0.1, 0.15) is 0 Å². The number of hydrogen-bond acceptors (Lipinski definition) is 1. The molecule has 1 nitrogen and oxygen atoms in total. The fourth-order valence-electron chi connectivity index (χ4n) is 1.23. The largest absolute Gasteiger partial charge is 0.330 e. The monoisotopic (exact) mass is 233 g/mol. The van der Waals surface area contributed by atoms with Crippen molar-refractivity contribution in [3.63, 3.8) is 0 Å². The predicted octanol–water partition coefficient (Wildman–Crippen LogP) is 3.29. The van der Waals surface area contributed by atoms with Crippen molar-refractivity contribution in [2.45, 2.75) is 20.3 Å². The van der Waals surface area contributed by atoms with Crippen LogP contribution in [0, 0.1) is 5.41 Å². The van der Waals surface area contributed by atoms with Gasteiger partial charge in [0.15, 0.2) is 0 Å². The average Bonchev–Trinajstić information content (AvgIpc) is 2.09. The van der Waals surface area contributed by atoms with E-state index in [2.05, 4.69) is 19.9 Å². The van der Waals surface area contributed by atoms with Crippen LogP contribution in [0.4, 0.5) is 0 Å². The minimum Gasteiger partial charge on any atom is -0.330 e. The van der Waals surface area contributed by atoms with E-state index in [4.69, 9.17) is 17.3 Å². The van der Waals surface area contributed by atoms with Crippen molar-refractivity contribution < 1.29 is 0 Å². The molecule has 1 aromatic rings. The summed E-state index contributed by atoms with van der Waals surface area (Å²) in [5.74, 6) is 0. The van der Waals surface area contributed by atoms with E-state index < -0.39 is 0 Å². The number of halogens is 2. The molecule has 0 saturated heterocycles. The van der Waals surface area contributed by atoms with E-state index in [-0.39, 0.29) is 17.8 Å². The zero-order chi connectivity index (χ0) is 9.90.